The zero-order valence-electron chi connectivity index (χ0n) is 16.4. The number of aromatic nitrogens is 2. The second-order valence-corrected chi connectivity index (χ2v) is 7.89. The van der Waals surface area contributed by atoms with Crippen LogP contribution in [-0.2, 0) is 6.54 Å². The number of benzene rings is 1. The van der Waals surface area contributed by atoms with E-state index >= 15 is 0 Å². The number of hydrogen-bond acceptors (Lipinski definition) is 5. The van der Waals surface area contributed by atoms with Crippen molar-refractivity contribution in [1.82, 2.24) is 20.4 Å². The molecule has 0 radical (unpaired) electrons. The third kappa shape index (κ3) is 4.87. The molecule has 1 amide bonds. The molecule has 2 fully saturated rings. The molecule has 0 unspecified atom stereocenters. The molecule has 0 atom stereocenters. The molecule has 0 aliphatic carbocycles. The van der Waals surface area contributed by atoms with Gasteiger partial charge in [-0.05, 0) is 62.4 Å². The highest BCUT2D eigenvalue weighted by Crippen LogP contribution is 2.19. The Kier molecular flexibility index (Phi) is 6.17. The van der Waals surface area contributed by atoms with E-state index in [9.17, 15) is 4.79 Å². The van der Waals surface area contributed by atoms with Gasteiger partial charge in [0.2, 0.25) is 0 Å². The summed E-state index contributed by atoms with van der Waals surface area (Å²) in [6.45, 7) is 5.96. The van der Waals surface area contributed by atoms with E-state index < -0.39 is 0 Å². The molecule has 1 aromatic carbocycles. The monoisotopic (exact) mass is 379 g/mol. The lowest BCUT2D eigenvalue weighted by Gasteiger charge is -2.32. The van der Waals surface area contributed by atoms with Gasteiger partial charge in [-0.25, -0.2) is 0 Å². The van der Waals surface area contributed by atoms with Crippen LogP contribution in [0.5, 0.6) is 0 Å². The first-order valence-electron chi connectivity index (χ1n) is 10.4. The zero-order chi connectivity index (χ0) is 19.2. The Morgan fingerprint density at radius 2 is 1.71 bits per heavy atom. The van der Waals surface area contributed by atoms with Gasteiger partial charge < -0.3 is 10.2 Å². The van der Waals surface area contributed by atoms with Crippen molar-refractivity contribution in [2.24, 2.45) is 5.92 Å². The topological polar surface area (TPSA) is 61.4 Å². The van der Waals surface area contributed by atoms with Gasteiger partial charge in [-0.1, -0.05) is 30.3 Å². The van der Waals surface area contributed by atoms with Crippen molar-refractivity contribution in [2.75, 3.05) is 37.6 Å². The molecule has 148 valence electrons. The van der Waals surface area contributed by atoms with Crippen LogP contribution in [0.1, 0.15) is 41.7 Å². The van der Waals surface area contributed by atoms with E-state index in [1.165, 1.54) is 18.4 Å². The van der Waals surface area contributed by atoms with Gasteiger partial charge in [-0.15, -0.1) is 10.2 Å². The molecule has 6 nitrogen and oxygen atoms in total. The number of piperidine rings is 1. The molecule has 6 heteroatoms. The Balaban J connectivity index is 1.20. The zero-order valence-corrected chi connectivity index (χ0v) is 16.4. The highest BCUT2D eigenvalue weighted by molar-refractivity contribution is 5.92. The van der Waals surface area contributed by atoms with E-state index in [-0.39, 0.29) is 5.91 Å². The van der Waals surface area contributed by atoms with Crippen molar-refractivity contribution in [1.29, 1.82) is 0 Å². The summed E-state index contributed by atoms with van der Waals surface area (Å²) in [7, 11) is 0. The fourth-order valence-electron chi connectivity index (χ4n) is 4.08. The Bertz CT molecular complexity index is 750. The number of hydrogen-bond donors (Lipinski definition) is 1. The third-order valence-corrected chi connectivity index (χ3v) is 5.82. The molecule has 3 heterocycles. The Morgan fingerprint density at radius 3 is 2.39 bits per heavy atom. The highest BCUT2D eigenvalue weighted by atomic mass is 16.1. The normalized spacial score (nSPS) is 18.4. The maximum absolute atomic E-state index is 12.4. The van der Waals surface area contributed by atoms with Gasteiger partial charge in [-0.3, -0.25) is 9.69 Å². The van der Waals surface area contributed by atoms with Crippen molar-refractivity contribution >= 4 is 11.7 Å². The molecule has 4 rings (SSSR count). The molecule has 0 bridgehead atoms. The molecule has 0 saturated carbocycles. The minimum atomic E-state index is -0.118. The van der Waals surface area contributed by atoms with Gasteiger partial charge in [0.25, 0.3) is 5.91 Å². The van der Waals surface area contributed by atoms with E-state index in [0.717, 1.165) is 51.4 Å². The number of nitrogens with one attached hydrogen (secondary N) is 1. The molecular weight excluding hydrogens is 350 g/mol. The van der Waals surface area contributed by atoms with Crippen LogP contribution in [0.2, 0.25) is 0 Å². The van der Waals surface area contributed by atoms with Crippen LogP contribution >= 0.6 is 0 Å². The molecule has 28 heavy (non-hydrogen) atoms. The second-order valence-electron chi connectivity index (χ2n) is 7.89. The molecule has 0 spiro atoms. The first kappa shape index (κ1) is 18.9. The van der Waals surface area contributed by atoms with E-state index in [4.69, 9.17) is 0 Å². The average Bonchev–Trinajstić information content (AvgIpc) is 3.29. The molecular formula is C22H29N5O. The summed E-state index contributed by atoms with van der Waals surface area (Å²) >= 11 is 0. The van der Waals surface area contributed by atoms with Gasteiger partial charge in [0.1, 0.15) is 0 Å². The van der Waals surface area contributed by atoms with Gasteiger partial charge in [0.05, 0.1) is 0 Å². The molecule has 1 aromatic heterocycles. The maximum Gasteiger partial charge on any atom is 0.271 e. The van der Waals surface area contributed by atoms with E-state index in [1.807, 2.05) is 6.07 Å². The van der Waals surface area contributed by atoms with Crippen LogP contribution in [0.15, 0.2) is 42.5 Å². The number of amides is 1. The summed E-state index contributed by atoms with van der Waals surface area (Å²) in [5.41, 5.74) is 1.77. The average molecular weight is 380 g/mol. The first-order valence-corrected chi connectivity index (χ1v) is 10.4. The quantitative estimate of drug-likeness (QED) is 0.836. The summed E-state index contributed by atoms with van der Waals surface area (Å²) in [5, 5.41) is 11.4. The summed E-state index contributed by atoms with van der Waals surface area (Å²) in [6.07, 6.45) is 4.64. The fourth-order valence-corrected chi connectivity index (χ4v) is 4.08. The Hall–Kier alpha value is -2.47. The van der Waals surface area contributed by atoms with Crippen LogP contribution in [0.25, 0.3) is 0 Å². The molecule has 2 aliphatic rings. The van der Waals surface area contributed by atoms with Gasteiger partial charge >= 0.3 is 0 Å². The van der Waals surface area contributed by atoms with Crippen molar-refractivity contribution in [3.8, 4) is 0 Å². The second kappa shape index (κ2) is 9.15. The maximum atomic E-state index is 12.4. The summed E-state index contributed by atoms with van der Waals surface area (Å²) in [4.78, 5) is 17.1. The third-order valence-electron chi connectivity index (χ3n) is 5.82. The lowest BCUT2D eigenvalue weighted by atomic mass is 9.96. The van der Waals surface area contributed by atoms with Crippen LogP contribution in [-0.4, -0.2) is 53.7 Å². The smallest absolute Gasteiger partial charge is 0.271 e. The largest absolute Gasteiger partial charge is 0.355 e. The molecule has 2 aliphatic heterocycles. The predicted octanol–water partition coefficient (Wildman–Crippen LogP) is 2.72. The van der Waals surface area contributed by atoms with E-state index in [0.29, 0.717) is 18.2 Å². The lowest BCUT2D eigenvalue weighted by Crippen LogP contribution is -2.38. The van der Waals surface area contributed by atoms with Crippen molar-refractivity contribution < 1.29 is 4.79 Å². The molecule has 1 N–H and O–H groups in total. The summed E-state index contributed by atoms with van der Waals surface area (Å²) in [6, 6.07) is 14.3. The van der Waals surface area contributed by atoms with Crippen LogP contribution in [0.3, 0.4) is 0 Å². The lowest BCUT2D eigenvalue weighted by molar-refractivity contribution is 0.0929. The van der Waals surface area contributed by atoms with E-state index in [2.05, 4.69) is 55.6 Å². The van der Waals surface area contributed by atoms with Gasteiger partial charge in [0.15, 0.2) is 11.5 Å². The van der Waals surface area contributed by atoms with Crippen LogP contribution in [0, 0.1) is 5.92 Å². The number of rotatable bonds is 6. The fraction of sp³-hybridized carbons (Fsp3) is 0.500. The summed E-state index contributed by atoms with van der Waals surface area (Å²) < 4.78 is 0. The van der Waals surface area contributed by atoms with Crippen molar-refractivity contribution in [3.63, 3.8) is 0 Å². The van der Waals surface area contributed by atoms with Crippen LogP contribution < -0.4 is 10.2 Å². The SMILES string of the molecule is O=C(NCC1CCN(Cc2ccccc2)CC1)c1ccc(N2CCCC2)nn1. The number of nitrogens with zero attached hydrogens (tertiary/aromatic N) is 4. The minimum absolute atomic E-state index is 0.118. The Labute approximate surface area is 166 Å². The Morgan fingerprint density at radius 1 is 0.964 bits per heavy atom. The molecule has 2 aromatic rings. The van der Waals surface area contributed by atoms with Crippen LogP contribution in [0.4, 0.5) is 5.82 Å². The standard InChI is InChI=1S/C22H29N5O/c28-22(20-8-9-21(25-24-20)27-12-4-5-13-27)23-16-18-10-14-26(15-11-18)17-19-6-2-1-3-7-19/h1-3,6-9,18H,4-5,10-17H2,(H,23,28). The van der Waals surface area contributed by atoms with E-state index in [1.54, 1.807) is 6.07 Å². The predicted molar refractivity (Wildman–Crippen MR) is 110 cm³/mol. The first-order chi connectivity index (χ1) is 13.8. The number of likely N-dealkylation sites (tertiary alicyclic amines) is 1. The van der Waals surface area contributed by atoms with Crippen molar-refractivity contribution in [3.05, 3.63) is 53.7 Å². The summed E-state index contributed by atoms with van der Waals surface area (Å²) in [5.74, 6) is 1.29. The highest BCUT2D eigenvalue weighted by Gasteiger charge is 2.21. The van der Waals surface area contributed by atoms with Crippen molar-refractivity contribution in [2.45, 2.75) is 32.2 Å². The number of anilines is 1. The molecule has 2 saturated heterocycles. The number of carbonyl (C=O) groups excluding carboxylic acids is 1. The van der Waals surface area contributed by atoms with Gasteiger partial charge in [0, 0.05) is 26.2 Å². The number of carbonyl (C=O) groups is 1. The van der Waals surface area contributed by atoms with Gasteiger partial charge in [-0.2, -0.15) is 0 Å². The minimum Gasteiger partial charge on any atom is -0.355 e.